The van der Waals surface area contributed by atoms with Crippen LogP contribution in [0.5, 0.6) is 0 Å². The molecule has 104 valence electrons. The first-order valence-corrected chi connectivity index (χ1v) is 6.97. The molecule has 0 saturated heterocycles. The molecule has 1 aliphatic carbocycles. The van der Waals surface area contributed by atoms with Crippen LogP contribution in [-0.2, 0) is 11.3 Å². The Morgan fingerprint density at radius 3 is 2.89 bits per heavy atom. The summed E-state index contributed by atoms with van der Waals surface area (Å²) < 4.78 is 5.98. The molecule has 4 heteroatoms. The average Bonchev–Trinajstić information content (AvgIpc) is 2.40. The topological polar surface area (TPSA) is 72.0 Å². The summed E-state index contributed by atoms with van der Waals surface area (Å²) in [6.45, 7) is 5.21. The zero-order chi connectivity index (χ0) is 13.8. The molecule has 0 bridgehead atoms. The van der Waals surface area contributed by atoms with Gasteiger partial charge in [0, 0.05) is 6.20 Å². The highest BCUT2D eigenvalue weighted by molar-refractivity contribution is 5.93. The van der Waals surface area contributed by atoms with Crippen LogP contribution in [0.1, 0.15) is 44.4 Å². The van der Waals surface area contributed by atoms with Gasteiger partial charge in [-0.25, -0.2) is 0 Å². The maximum absolute atomic E-state index is 7.38. The Balaban J connectivity index is 1.88. The second-order valence-electron chi connectivity index (χ2n) is 5.66. The fourth-order valence-corrected chi connectivity index (χ4v) is 2.57. The van der Waals surface area contributed by atoms with E-state index in [0.29, 0.717) is 18.4 Å². The van der Waals surface area contributed by atoms with E-state index in [1.54, 1.807) is 6.20 Å². The first-order chi connectivity index (χ1) is 9.06. The van der Waals surface area contributed by atoms with E-state index in [9.17, 15) is 0 Å². The minimum Gasteiger partial charge on any atom is -0.382 e. The first kappa shape index (κ1) is 14.0. The van der Waals surface area contributed by atoms with Crippen LogP contribution >= 0.6 is 0 Å². The monoisotopic (exact) mass is 261 g/mol. The summed E-state index contributed by atoms with van der Waals surface area (Å²) in [4.78, 5) is 4.05. The van der Waals surface area contributed by atoms with Crippen molar-refractivity contribution in [3.05, 3.63) is 29.6 Å². The molecule has 3 atom stereocenters. The minimum atomic E-state index is 0.00182. The van der Waals surface area contributed by atoms with Gasteiger partial charge in [0.1, 0.15) is 11.5 Å². The highest BCUT2D eigenvalue weighted by Crippen LogP contribution is 2.31. The Morgan fingerprint density at radius 1 is 1.42 bits per heavy atom. The quantitative estimate of drug-likeness (QED) is 0.646. The number of rotatable bonds is 4. The molecule has 1 heterocycles. The van der Waals surface area contributed by atoms with Crippen LogP contribution in [0, 0.1) is 17.2 Å². The number of hydrogen-bond donors (Lipinski definition) is 2. The van der Waals surface area contributed by atoms with E-state index >= 15 is 0 Å². The van der Waals surface area contributed by atoms with Gasteiger partial charge in [0.15, 0.2) is 0 Å². The maximum Gasteiger partial charge on any atom is 0.141 e. The molecule has 0 radical (unpaired) electrons. The van der Waals surface area contributed by atoms with Crippen molar-refractivity contribution >= 4 is 5.84 Å². The van der Waals surface area contributed by atoms with Crippen LogP contribution in [0.3, 0.4) is 0 Å². The number of amidine groups is 1. The van der Waals surface area contributed by atoms with Gasteiger partial charge in [0.25, 0.3) is 0 Å². The van der Waals surface area contributed by atoms with Crippen molar-refractivity contribution in [2.24, 2.45) is 17.6 Å². The van der Waals surface area contributed by atoms with Crippen LogP contribution in [0.2, 0.25) is 0 Å². The lowest BCUT2D eigenvalue weighted by Gasteiger charge is -2.32. The summed E-state index contributed by atoms with van der Waals surface area (Å²) in [5, 5.41) is 7.38. The molecule has 3 N–H and O–H groups in total. The van der Waals surface area contributed by atoms with Gasteiger partial charge < -0.3 is 10.5 Å². The van der Waals surface area contributed by atoms with Gasteiger partial charge in [-0.1, -0.05) is 13.8 Å². The Bertz CT molecular complexity index is 447. The number of pyridine rings is 1. The Kier molecular flexibility index (Phi) is 4.53. The lowest BCUT2D eigenvalue weighted by molar-refractivity contribution is -0.00747. The predicted octanol–water partition coefficient (Wildman–Crippen LogP) is 2.71. The molecule has 0 aromatic carbocycles. The first-order valence-electron chi connectivity index (χ1n) is 6.97. The van der Waals surface area contributed by atoms with Gasteiger partial charge in [-0.2, -0.15) is 0 Å². The van der Waals surface area contributed by atoms with E-state index in [-0.39, 0.29) is 5.84 Å². The predicted molar refractivity (Wildman–Crippen MR) is 76.0 cm³/mol. The third-order valence-corrected chi connectivity index (χ3v) is 4.14. The van der Waals surface area contributed by atoms with Crippen LogP contribution in [0.25, 0.3) is 0 Å². The molecule has 1 aromatic heterocycles. The molecule has 0 aliphatic heterocycles. The largest absolute Gasteiger partial charge is 0.382 e. The van der Waals surface area contributed by atoms with E-state index < -0.39 is 0 Å². The smallest absolute Gasteiger partial charge is 0.141 e. The normalized spacial score (nSPS) is 27.2. The lowest BCUT2D eigenvalue weighted by atomic mass is 9.80. The molecule has 1 aromatic rings. The fourth-order valence-electron chi connectivity index (χ4n) is 2.57. The summed E-state index contributed by atoms with van der Waals surface area (Å²) in [5.41, 5.74) is 6.99. The number of aromatic nitrogens is 1. The molecular weight excluding hydrogens is 238 g/mol. The van der Waals surface area contributed by atoms with E-state index in [2.05, 4.69) is 18.8 Å². The van der Waals surface area contributed by atoms with E-state index in [0.717, 1.165) is 30.2 Å². The summed E-state index contributed by atoms with van der Waals surface area (Å²) >= 11 is 0. The maximum atomic E-state index is 7.38. The van der Waals surface area contributed by atoms with Gasteiger partial charge in [0.05, 0.1) is 12.7 Å². The van der Waals surface area contributed by atoms with Crippen molar-refractivity contribution in [1.82, 2.24) is 4.98 Å². The number of hydrogen-bond acceptors (Lipinski definition) is 3. The molecular formula is C15H23N3O. The second-order valence-corrected chi connectivity index (χ2v) is 5.66. The van der Waals surface area contributed by atoms with Crippen LogP contribution < -0.4 is 5.73 Å². The molecule has 0 spiro atoms. The van der Waals surface area contributed by atoms with Crippen molar-refractivity contribution in [2.45, 2.75) is 45.8 Å². The third kappa shape index (κ3) is 3.77. The standard InChI is InChI=1S/C15H23N3O/c1-10-3-4-13(7-11(10)2)19-9-12-5-6-18-14(8-12)15(16)17/h5-6,8,10-11,13H,3-4,7,9H2,1-2H3,(H3,16,17). The lowest BCUT2D eigenvalue weighted by Crippen LogP contribution is -2.26. The van der Waals surface area contributed by atoms with Crippen LogP contribution in [0.4, 0.5) is 0 Å². The van der Waals surface area contributed by atoms with Crippen molar-refractivity contribution in [2.75, 3.05) is 0 Å². The van der Waals surface area contributed by atoms with Crippen LogP contribution in [-0.4, -0.2) is 16.9 Å². The van der Waals surface area contributed by atoms with Crippen molar-refractivity contribution < 1.29 is 4.74 Å². The zero-order valence-electron chi connectivity index (χ0n) is 11.7. The second kappa shape index (κ2) is 6.15. The summed E-state index contributed by atoms with van der Waals surface area (Å²) in [7, 11) is 0. The molecule has 2 rings (SSSR count). The zero-order valence-corrected chi connectivity index (χ0v) is 11.7. The summed E-state index contributed by atoms with van der Waals surface area (Å²) in [5.74, 6) is 1.55. The van der Waals surface area contributed by atoms with E-state index in [1.807, 2.05) is 12.1 Å². The van der Waals surface area contributed by atoms with Gasteiger partial charge in [0.2, 0.25) is 0 Å². The fraction of sp³-hybridized carbons (Fsp3) is 0.600. The van der Waals surface area contributed by atoms with Crippen molar-refractivity contribution in [1.29, 1.82) is 5.41 Å². The third-order valence-electron chi connectivity index (χ3n) is 4.14. The molecule has 1 fully saturated rings. The van der Waals surface area contributed by atoms with E-state index in [1.165, 1.54) is 6.42 Å². The molecule has 19 heavy (non-hydrogen) atoms. The van der Waals surface area contributed by atoms with Crippen molar-refractivity contribution in [3.63, 3.8) is 0 Å². The number of nitrogen functional groups attached to an aromatic ring is 1. The Hall–Kier alpha value is -1.42. The van der Waals surface area contributed by atoms with Crippen molar-refractivity contribution in [3.8, 4) is 0 Å². The SMILES string of the molecule is CC1CCC(OCc2ccnc(C(=N)N)c2)CC1C. The highest BCUT2D eigenvalue weighted by atomic mass is 16.5. The average molecular weight is 261 g/mol. The molecule has 1 aliphatic rings. The number of nitrogens with two attached hydrogens (primary N) is 1. The molecule has 3 unspecified atom stereocenters. The van der Waals surface area contributed by atoms with Gasteiger partial charge >= 0.3 is 0 Å². The Labute approximate surface area is 114 Å². The number of nitrogens with one attached hydrogen (secondary N) is 1. The Morgan fingerprint density at radius 2 is 2.21 bits per heavy atom. The molecule has 1 saturated carbocycles. The highest BCUT2D eigenvalue weighted by Gasteiger charge is 2.24. The van der Waals surface area contributed by atoms with Gasteiger partial charge in [-0.15, -0.1) is 0 Å². The summed E-state index contributed by atoms with van der Waals surface area (Å²) in [6.07, 6.45) is 5.59. The van der Waals surface area contributed by atoms with Crippen LogP contribution in [0.15, 0.2) is 18.3 Å². The number of ether oxygens (including phenoxy) is 1. The summed E-state index contributed by atoms with van der Waals surface area (Å²) in [6, 6.07) is 3.75. The minimum absolute atomic E-state index is 0.00182. The van der Waals surface area contributed by atoms with E-state index in [4.69, 9.17) is 15.9 Å². The number of nitrogens with zero attached hydrogens (tertiary/aromatic N) is 1. The van der Waals surface area contributed by atoms with Gasteiger partial charge in [-0.3, -0.25) is 10.4 Å². The van der Waals surface area contributed by atoms with Gasteiger partial charge in [-0.05, 0) is 48.8 Å². The molecule has 0 amide bonds. The molecule has 4 nitrogen and oxygen atoms in total.